The second-order valence-corrected chi connectivity index (χ2v) is 10.3. The van der Waals surface area contributed by atoms with Gasteiger partial charge in [-0.3, -0.25) is 4.79 Å². The summed E-state index contributed by atoms with van der Waals surface area (Å²) in [4.78, 5) is 11.1. The molecule has 0 aliphatic heterocycles. The van der Waals surface area contributed by atoms with Crippen LogP contribution in [0.15, 0.2) is 24.3 Å². The summed E-state index contributed by atoms with van der Waals surface area (Å²) in [6.45, 7) is 12.5. The predicted octanol–water partition coefficient (Wildman–Crippen LogP) is 8.91. The minimum Gasteiger partial charge on any atom is -0.494 e. The van der Waals surface area contributed by atoms with E-state index in [2.05, 4.69) is 34.6 Å². The van der Waals surface area contributed by atoms with Crippen molar-refractivity contribution >= 4 is 16.8 Å². The zero-order chi connectivity index (χ0) is 22.4. The molecule has 0 bridgehead atoms. The number of halogens is 1. The van der Waals surface area contributed by atoms with Gasteiger partial charge in [0.05, 0.1) is 6.61 Å². The molecule has 3 atom stereocenters. The molecule has 1 rings (SSSR count). The van der Waals surface area contributed by atoms with Gasteiger partial charge < -0.3 is 4.74 Å². The highest BCUT2D eigenvalue weighted by atomic mass is 35.5. The summed E-state index contributed by atoms with van der Waals surface area (Å²) in [7, 11) is 0. The van der Waals surface area contributed by atoms with Gasteiger partial charge in [-0.15, -0.1) is 0 Å². The standard InChI is InChI=1S/C27H45ClO2/c1-21(2)9-6-10-22(3)11-7-12-23(4)13-8-14-24(5)19-20-30-26-17-15-25(16-18-26)27(28)29/h15-18,21-24H,6-14,19-20H2,1-5H3. The molecule has 0 fully saturated rings. The second-order valence-electron chi connectivity index (χ2n) is 9.94. The first-order valence-electron chi connectivity index (χ1n) is 12.2. The van der Waals surface area contributed by atoms with Crippen molar-refractivity contribution < 1.29 is 9.53 Å². The van der Waals surface area contributed by atoms with Gasteiger partial charge in [0, 0.05) is 5.56 Å². The van der Waals surface area contributed by atoms with Gasteiger partial charge in [0.1, 0.15) is 5.75 Å². The van der Waals surface area contributed by atoms with Gasteiger partial charge >= 0.3 is 0 Å². The van der Waals surface area contributed by atoms with Crippen LogP contribution >= 0.6 is 11.6 Å². The van der Waals surface area contributed by atoms with Gasteiger partial charge in [-0.05, 0) is 66.0 Å². The van der Waals surface area contributed by atoms with E-state index >= 15 is 0 Å². The Bertz CT molecular complexity index is 567. The fourth-order valence-corrected chi connectivity index (χ4v) is 4.12. The molecule has 3 unspecified atom stereocenters. The molecule has 0 aromatic heterocycles. The smallest absolute Gasteiger partial charge is 0.252 e. The highest BCUT2D eigenvalue weighted by Crippen LogP contribution is 2.23. The Morgan fingerprint density at radius 2 is 1.17 bits per heavy atom. The van der Waals surface area contributed by atoms with E-state index in [1.165, 1.54) is 57.8 Å². The topological polar surface area (TPSA) is 26.3 Å². The normalized spacial score (nSPS) is 14.5. The lowest BCUT2D eigenvalue weighted by atomic mass is 9.91. The largest absolute Gasteiger partial charge is 0.494 e. The zero-order valence-electron chi connectivity index (χ0n) is 20.1. The highest BCUT2D eigenvalue weighted by molar-refractivity contribution is 6.67. The molecule has 2 nitrogen and oxygen atoms in total. The number of hydrogen-bond acceptors (Lipinski definition) is 2. The van der Waals surface area contributed by atoms with Crippen LogP contribution in [-0.4, -0.2) is 11.8 Å². The average molecular weight is 437 g/mol. The van der Waals surface area contributed by atoms with Gasteiger partial charge in [0.2, 0.25) is 0 Å². The maximum absolute atomic E-state index is 11.1. The summed E-state index contributed by atoms with van der Waals surface area (Å²) >= 11 is 5.46. The number of carbonyl (C=O) groups excluding carboxylic acids is 1. The van der Waals surface area contributed by atoms with Crippen LogP contribution in [0.3, 0.4) is 0 Å². The average Bonchev–Trinajstić information content (AvgIpc) is 2.68. The Labute approximate surface area is 191 Å². The molecular weight excluding hydrogens is 392 g/mol. The van der Waals surface area contributed by atoms with Gasteiger partial charge in [-0.25, -0.2) is 0 Å². The Morgan fingerprint density at radius 1 is 0.733 bits per heavy atom. The first-order valence-corrected chi connectivity index (χ1v) is 12.6. The molecule has 0 saturated carbocycles. The van der Waals surface area contributed by atoms with Crippen molar-refractivity contribution in [3.8, 4) is 5.75 Å². The van der Waals surface area contributed by atoms with Crippen LogP contribution in [0.5, 0.6) is 5.75 Å². The molecule has 0 spiro atoms. The third-order valence-corrected chi connectivity index (χ3v) is 6.44. The van der Waals surface area contributed by atoms with Crippen LogP contribution in [0.2, 0.25) is 0 Å². The van der Waals surface area contributed by atoms with Crippen molar-refractivity contribution in [1.29, 1.82) is 0 Å². The lowest BCUT2D eigenvalue weighted by molar-refractivity contribution is 0.108. The molecule has 0 N–H and O–H groups in total. The number of rotatable bonds is 17. The molecular formula is C27H45ClO2. The van der Waals surface area contributed by atoms with Gasteiger partial charge in [0.25, 0.3) is 5.24 Å². The highest BCUT2D eigenvalue weighted by Gasteiger charge is 2.09. The summed E-state index contributed by atoms with van der Waals surface area (Å²) in [6.07, 6.45) is 13.4. The van der Waals surface area contributed by atoms with Crippen molar-refractivity contribution in [2.45, 2.75) is 98.8 Å². The first-order chi connectivity index (χ1) is 14.3. The second kappa shape index (κ2) is 15.7. The zero-order valence-corrected chi connectivity index (χ0v) is 20.8. The summed E-state index contributed by atoms with van der Waals surface area (Å²) in [6, 6.07) is 7.05. The Hall–Kier alpha value is -1.02. The summed E-state index contributed by atoms with van der Waals surface area (Å²) in [5, 5.41) is -0.430. The van der Waals surface area contributed by atoms with E-state index in [9.17, 15) is 4.79 Å². The molecule has 0 radical (unpaired) electrons. The minimum absolute atomic E-state index is 0.430. The Kier molecular flexibility index (Phi) is 14.2. The molecule has 0 saturated heterocycles. The van der Waals surface area contributed by atoms with Crippen LogP contribution in [0.4, 0.5) is 0 Å². The Balaban J connectivity index is 2.04. The van der Waals surface area contributed by atoms with E-state index in [0.29, 0.717) is 11.5 Å². The van der Waals surface area contributed by atoms with Gasteiger partial charge in [-0.1, -0.05) is 92.4 Å². The molecule has 0 heterocycles. The van der Waals surface area contributed by atoms with Crippen LogP contribution in [0.25, 0.3) is 0 Å². The molecule has 0 amide bonds. The molecule has 30 heavy (non-hydrogen) atoms. The Morgan fingerprint density at radius 3 is 1.60 bits per heavy atom. The van der Waals surface area contributed by atoms with Gasteiger partial charge in [-0.2, -0.15) is 0 Å². The quantitative estimate of drug-likeness (QED) is 0.228. The third-order valence-electron chi connectivity index (χ3n) is 6.23. The van der Waals surface area contributed by atoms with E-state index in [4.69, 9.17) is 16.3 Å². The number of hydrogen-bond donors (Lipinski definition) is 0. The third kappa shape index (κ3) is 13.3. The maximum atomic E-state index is 11.1. The predicted molar refractivity (Wildman–Crippen MR) is 131 cm³/mol. The van der Waals surface area contributed by atoms with Crippen molar-refractivity contribution in [3.63, 3.8) is 0 Å². The van der Waals surface area contributed by atoms with Crippen molar-refractivity contribution in [2.75, 3.05) is 6.61 Å². The monoisotopic (exact) mass is 436 g/mol. The van der Waals surface area contributed by atoms with Crippen LogP contribution in [0.1, 0.15) is 109 Å². The fraction of sp³-hybridized carbons (Fsp3) is 0.741. The van der Waals surface area contributed by atoms with E-state index in [1.807, 2.05) is 12.1 Å². The lowest BCUT2D eigenvalue weighted by Crippen LogP contribution is -2.05. The number of carbonyl (C=O) groups is 1. The molecule has 0 aliphatic carbocycles. The fourth-order valence-electron chi connectivity index (χ4n) is 4.00. The molecule has 3 heteroatoms. The number of ether oxygens (including phenoxy) is 1. The van der Waals surface area contributed by atoms with Crippen molar-refractivity contribution in [3.05, 3.63) is 29.8 Å². The van der Waals surface area contributed by atoms with Gasteiger partial charge in [0.15, 0.2) is 0 Å². The molecule has 0 aliphatic rings. The van der Waals surface area contributed by atoms with E-state index in [-0.39, 0.29) is 0 Å². The van der Waals surface area contributed by atoms with Crippen LogP contribution in [0, 0.1) is 23.7 Å². The molecule has 172 valence electrons. The van der Waals surface area contributed by atoms with E-state index in [1.54, 1.807) is 12.1 Å². The number of benzene rings is 1. The van der Waals surface area contributed by atoms with Crippen molar-refractivity contribution in [2.24, 2.45) is 23.7 Å². The maximum Gasteiger partial charge on any atom is 0.252 e. The summed E-state index contributed by atoms with van der Waals surface area (Å²) in [5.74, 6) is 4.07. The summed E-state index contributed by atoms with van der Waals surface area (Å²) in [5.41, 5.74) is 0.507. The SMILES string of the molecule is CC(C)CCCC(C)CCCC(C)CCCC(C)CCOc1ccc(C(=O)Cl)cc1. The summed E-state index contributed by atoms with van der Waals surface area (Å²) < 4.78 is 5.80. The molecule has 1 aromatic rings. The van der Waals surface area contributed by atoms with E-state index < -0.39 is 5.24 Å². The van der Waals surface area contributed by atoms with Crippen molar-refractivity contribution in [1.82, 2.24) is 0 Å². The first kappa shape index (κ1) is 27.0. The van der Waals surface area contributed by atoms with Crippen LogP contribution in [-0.2, 0) is 0 Å². The lowest BCUT2D eigenvalue weighted by Gasteiger charge is -2.16. The molecule has 1 aromatic carbocycles. The van der Waals surface area contributed by atoms with Crippen LogP contribution < -0.4 is 4.74 Å². The minimum atomic E-state index is -0.430. The van der Waals surface area contributed by atoms with E-state index in [0.717, 1.165) is 36.5 Å².